The molecule has 0 saturated carbocycles. The molecule has 0 spiro atoms. The van der Waals surface area contributed by atoms with E-state index in [0.717, 1.165) is 25.7 Å². The normalized spacial score (nSPS) is 38.7. The Balaban J connectivity index is 2.03. The van der Waals surface area contributed by atoms with Crippen LogP contribution in [0.15, 0.2) is 0 Å². The fourth-order valence-corrected chi connectivity index (χ4v) is 2.78. The summed E-state index contributed by atoms with van der Waals surface area (Å²) in [5.74, 6) is 0. The average Bonchev–Trinajstić information content (AvgIpc) is 2.50. The van der Waals surface area contributed by atoms with Crippen LogP contribution in [-0.4, -0.2) is 61.9 Å². The first kappa shape index (κ1) is 18.1. The number of hydrogen-bond donors (Lipinski definition) is 1. The van der Waals surface area contributed by atoms with Gasteiger partial charge in [0, 0.05) is 13.2 Å². The molecular formula is C16H30O6. The minimum absolute atomic E-state index is 0.268. The minimum atomic E-state index is -1.01. The van der Waals surface area contributed by atoms with Gasteiger partial charge in [0.05, 0.1) is 6.61 Å². The predicted molar refractivity (Wildman–Crippen MR) is 80.5 cm³/mol. The molecule has 6 heteroatoms. The van der Waals surface area contributed by atoms with Crippen molar-refractivity contribution in [1.29, 1.82) is 0 Å². The van der Waals surface area contributed by atoms with Crippen LogP contribution in [0.3, 0.4) is 0 Å². The lowest BCUT2D eigenvalue weighted by Gasteiger charge is -2.47. The van der Waals surface area contributed by atoms with Crippen LogP contribution in [-0.2, 0) is 23.7 Å². The molecule has 2 heterocycles. The molecule has 2 rings (SSSR count). The third-order valence-electron chi connectivity index (χ3n) is 4.07. The van der Waals surface area contributed by atoms with Crippen LogP contribution in [0.4, 0.5) is 0 Å². The number of ether oxygens (including phenoxy) is 5. The van der Waals surface area contributed by atoms with Gasteiger partial charge in [-0.15, -0.1) is 0 Å². The van der Waals surface area contributed by atoms with Crippen LogP contribution in [0.2, 0.25) is 0 Å². The molecule has 2 saturated heterocycles. The molecule has 0 aromatic rings. The van der Waals surface area contributed by atoms with Gasteiger partial charge in [-0.25, -0.2) is 0 Å². The third-order valence-corrected chi connectivity index (χ3v) is 4.07. The Morgan fingerprint density at radius 3 is 2.27 bits per heavy atom. The SMILES string of the molecule is CCCCOC1[C@H](OCCCC)C(O)OC2COC(C)O[C@@H]21. The maximum atomic E-state index is 10.3. The van der Waals surface area contributed by atoms with Crippen molar-refractivity contribution in [3.63, 3.8) is 0 Å². The maximum Gasteiger partial charge on any atom is 0.184 e. The van der Waals surface area contributed by atoms with Crippen LogP contribution < -0.4 is 0 Å². The summed E-state index contributed by atoms with van der Waals surface area (Å²) in [5, 5.41) is 10.3. The van der Waals surface area contributed by atoms with Crippen LogP contribution in [0, 0.1) is 0 Å². The van der Waals surface area contributed by atoms with Gasteiger partial charge in [0.2, 0.25) is 0 Å². The lowest BCUT2D eigenvalue weighted by atomic mass is 9.97. The zero-order valence-electron chi connectivity index (χ0n) is 13.9. The van der Waals surface area contributed by atoms with E-state index >= 15 is 0 Å². The lowest BCUT2D eigenvalue weighted by molar-refractivity contribution is -0.358. The van der Waals surface area contributed by atoms with E-state index in [9.17, 15) is 5.11 Å². The monoisotopic (exact) mass is 318 g/mol. The molecule has 22 heavy (non-hydrogen) atoms. The Morgan fingerprint density at radius 1 is 1.00 bits per heavy atom. The zero-order chi connectivity index (χ0) is 15.9. The second kappa shape index (κ2) is 9.15. The highest BCUT2D eigenvalue weighted by Gasteiger charge is 2.50. The van der Waals surface area contributed by atoms with Crippen LogP contribution in [0.5, 0.6) is 0 Å². The number of rotatable bonds is 8. The van der Waals surface area contributed by atoms with Crippen molar-refractivity contribution in [3.05, 3.63) is 0 Å². The summed E-state index contributed by atoms with van der Waals surface area (Å²) in [6.45, 7) is 7.69. The molecule has 0 amide bonds. The number of aliphatic hydroxyl groups is 1. The third kappa shape index (κ3) is 4.63. The first-order valence-corrected chi connectivity index (χ1v) is 8.51. The molecule has 4 unspecified atom stereocenters. The molecule has 0 radical (unpaired) electrons. The van der Waals surface area contributed by atoms with Crippen molar-refractivity contribution in [2.24, 2.45) is 0 Å². The summed E-state index contributed by atoms with van der Waals surface area (Å²) >= 11 is 0. The van der Waals surface area contributed by atoms with E-state index in [1.165, 1.54) is 0 Å². The van der Waals surface area contributed by atoms with Gasteiger partial charge in [0.25, 0.3) is 0 Å². The fourth-order valence-electron chi connectivity index (χ4n) is 2.78. The van der Waals surface area contributed by atoms with Crippen molar-refractivity contribution < 1.29 is 28.8 Å². The number of aliphatic hydroxyl groups excluding tert-OH is 1. The summed E-state index contributed by atoms with van der Waals surface area (Å²) in [5.41, 5.74) is 0. The summed E-state index contributed by atoms with van der Waals surface area (Å²) in [4.78, 5) is 0. The molecule has 6 nitrogen and oxygen atoms in total. The summed E-state index contributed by atoms with van der Waals surface area (Å²) < 4.78 is 28.8. The van der Waals surface area contributed by atoms with Gasteiger partial charge in [0.15, 0.2) is 12.6 Å². The van der Waals surface area contributed by atoms with Gasteiger partial charge in [0.1, 0.15) is 24.4 Å². The first-order valence-electron chi connectivity index (χ1n) is 8.51. The first-order chi connectivity index (χ1) is 10.7. The summed E-state index contributed by atoms with van der Waals surface area (Å²) in [6.07, 6.45) is 1.27. The van der Waals surface area contributed by atoms with Gasteiger partial charge >= 0.3 is 0 Å². The quantitative estimate of drug-likeness (QED) is 0.689. The largest absolute Gasteiger partial charge is 0.372 e. The van der Waals surface area contributed by atoms with Crippen molar-refractivity contribution in [3.8, 4) is 0 Å². The van der Waals surface area contributed by atoms with Gasteiger partial charge in [-0.1, -0.05) is 26.7 Å². The molecule has 2 aliphatic rings. The van der Waals surface area contributed by atoms with E-state index < -0.39 is 12.4 Å². The Labute approximate surface area is 133 Å². The standard InChI is InChI=1S/C16H30O6/c1-4-6-8-18-14-13-12(10-20-11(3)21-13)22-16(17)15(14)19-9-7-5-2/h11-17H,4-10H2,1-3H3/t11?,12?,13-,14?,15-,16?/m0/s1. The predicted octanol–water partition coefficient (Wildman–Crippen LogP) is 1.84. The van der Waals surface area contributed by atoms with Crippen molar-refractivity contribution >= 4 is 0 Å². The molecule has 0 bridgehead atoms. The highest BCUT2D eigenvalue weighted by molar-refractivity contribution is 4.93. The number of unbranched alkanes of at least 4 members (excludes halogenated alkanes) is 2. The van der Waals surface area contributed by atoms with Gasteiger partial charge in [-0.05, 0) is 19.8 Å². The van der Waals surface area contributed by atoms with E-state index in [2.05, 4.69) is 13.8 Å². The number of hydrogen-bond acceptors (Lipinski definition) is 6. The van der Waals surface area contributed by atoms with Crippen molar-refractivity contribution in [2.45, 2.75) is 83.5 Å². The summed E-state index contributed by atoms with van der Waals surface area (Å²) in [6, 6.07) is 0. The Hall–Kier alpha value is -0.240. The Kier molecular flexibility index (Phi) is 7.53. The maximum absolute atomic E-state index is 10.3. The fraction of sp³-hybridized carbons (Fsp3) is 1.00. The molecule has 130 valence electrons. The molecule has 2 fully saturated rings. The second-order valence-corrected chi connectivity index (χ2v) is 5.94. The van der Waals surface area contributed by atoms with Crippen LogP contribution in [0.1, 0.15) is 46.5 Å². The Bertz CT molecular complexity index is 313. The number of fused-ring (bicyclic) bond motifs is 1. The van der Waals surface area contributed by atoms with E-state index in [-0.39, 0.29) is 24.6 Å². The minimum Gasteiger partial charge on any atom is -0.372 e. The molecular weight excluding hydrogens is 288 g/mol. The smallest absolute Gasteiger partial charge is 0.184 e. The average molecular weight is 318 g/mol. The second-order valence-electron chi connectivity index (χ2n) is 5.94. The highest BCUT2D eigenvalue weighted by atomic mass is 16.7. The highest BCUT2D eigenvalue weighted by Crippen LogP contribution is 2.31. The molecule has 0 aromatic heterocycles. The van der Waals surface area contributed by atoms with Gasteiger partial charge in [-0.2, -0.15) is 0 Å². The Morgan fingerprint density at radius 2 is 1.64 bits per heavy atom. The topological polar surface area (TPSA) is 66.4 Å². The van der Waals surface area contributed by atoms with Crippen LogP contribution in [0.25, 0.3) is 0 Å². The molecule has 2 aliphatic heterocycles. The van der Waals surface area contributed by atoms with Gasteiger partial charge in [-0.3, -0.25) is 0 Å². The van der Waals surface area contributed by atoms with Crippen molar-refractivity contribution in [1.82, 2.24) is 0 Å². The van der Waals surface area contributed by atoms with Crippen molar-refractivity contribution in [2.75, 3.05) is 19.8 Å². The molecule has 0 aliphatic carbocycles. The molecule has 6 atom stereocenters. The van der Waals surface area contributed by atoms with Gasteiger partial charge < -0.3 is 28.8 Å². The molecule has 1 N–H and O–H groups in total. The van der Waals surface area contributed by atoms with E-state index in [1.54, 1.807) is 0 Å². The van der Waals surface area contributed by atoms with Crippen LogP contribution >= 0.6 is 0 Å². The van der Waals surface area contributed by atoms with E-state index in [0.29, 0.717) is 19.8 Å². The van der Waals surface area contributed by atoms with E-state index in [1.807, 2.05) is 6.92 Å². The lowest BCUT2D eigenvalue weighted by Crippen LogP contribution is -2.64. The molecule has 0 aromatic carbocycles. The van der Waals surface area contributed by atoms with E-state index in [4.69, 9.17) is 23.7 Å². The summed E-state index contributed by atoms with van der Waals surface area (Å²) in [7, 11) is 0. The zero-order valence-corrected chi connectivity index (χ0v) is 13.9.